The van der Waals surface area contributed by atoms with Gasteiger partial charge >= 0.3 is 0 Å². The van der Waals surface area contributed by atoms with Crippen LogP contribution >= 0.6 is 23.2 Å². The van der Waals surface area contributed by atoms with E-state index in [0.717, 1.165) is 5.56 Å². The van der Waals surface area contributed by atoms with Gasteiger partial charge in [-0.15, -0.1) is 0 Å². The summed E-state index contributed by atoms with van der Waals surface area (Å²) < 4.78 is 5.86. The molecule has 31 heavy (non-hydrogen) atoms. The topological polar surface area (TPSA) is 79.8 Å². The lowest BCUT2D eigenvalue weighted by atomic mass is 10.2. The van der Waals surface area contributed by atoms with Crippen molar-refractivity contribution in [2.75, 3.05) is 5.32 Å². The summed E-state index contributed by atoms with van der Waals surface area (Å²) in [6, 6.07) is 19.0. The molecule has 0 aliphatic carbocycles. The molecule has 0 aromatic heterocycles. The first kappa shape index (κ1) is 22.3. The highest BCUT2D eigenvalue weighted by molar-refractivity contribution is 6.35. The molecule has 2 amide bonds. The lowest BCUT2D eigenvalue weighted by molar-refractivity contribution is -0.114. The average Bonchev–Trinajstić information content (AvgIpc) is 2.74. The summed E-state index contributed by atoms with van der Waals surface area (Å²) in [5, 5.41) is 7.74. The second-order valence-electron chi connectivity index (χ2n) is 6.52. The smallest absolute Gasteiger partial charge is 0.271 e. The molecule has 0 aliphatic rings. The van der Waals surface area contributed by atoms with E-state index in [-0.39, 0.29) is 18.4 Å². The summed E-state index contributed by atoms with van der Waals surface area (Å²) in [6.45, 7) is 1.68. The van der Waals surface area contributed by atoms with Crippen LogP contribution in [0.4, 0.5) is 5.69 Å². The van der Waals surface area contributed by atoms with Crippen LogP contribution in [0, 0.1) is 0 Å². The zero-order valence-corrected chi connectivity index (χ0v) is 18.1. The molecule has 0 saturated carbocycles. The first-order chi connectivity index (χ1) is 14.9. The number of carbonyl (C=O) groups is 2. The summed E-state index contributed by atoms with van der Waals surface area (Å²) in [5.74, 6) is 0.0316. The van der Waals surface area contributed by atoms with Crippen LogP contribution in [0.3, 0.4) is 0 Å². The molecule has 0 spiro atoms. The van der Waals surface area contributed by atoms with E-state index < -0.39 is 0 Å². The number of carbonyl (C=O) groups excluding carboxylic acids is 2. The van der Waals surface area contributed by atoms with Crippen molar-refractivity contribution in [2.24, 2.45) is 5.10 Å². The number of hydrazone groups is 1. The van der Waals surface area contributed by atoms with Crippen molar-refractivity contribution in [3.05, 3.63) is 93.5 Å². The molecular formula is C23H19Cl2N3O3. The van der Waals surface area contributed by atoms with E-state index >= 15 is 0 Å². The fourth-order valence-corrected chi connectivity index (χ4v) is 3.11. The van der Waals surface area contributed by atoms with E-state index in [9.17, 15) is 9.59 Å². The highest BCUT2D eigenvalue weighted by Gasteiger charge is 2.07. The molecule has 0 radical (unpaired) electrons. The normalized spacial score (nSPS) is 10.7. The summed E-state index contributed by atoms with van der Waals surface area (Å²) in [6.07, 6.45) is 1.50. The maximum absolute atomic E-state index is 12.3. The van der Waals surface area contributed by atoms with Gasteiger partial charge in [0, 0.05) is 39.3 Å². The van der Waals surface area contributed by atoms with Crippen molar-refractivity contribution >= 4 is 46.9 Å². The predicted molar refractivity (Wildman–Crippen MR) is 123 cm³/mol. The zero-order valence-electron chi connectivity index (χ0n) is 16.6. The van der Waals surface area contributed by atoms with Gasteiger partial charge in [0.15, 0.2) is 0 Å². The number of amides is 2. The van der Waals surface area contributed by atoms with E-state index in [2.05, 4.69) is 15.8 Å². The minimum absolute atomic E-state index is 0.180. The van der Waals surface area contributed by atoms with Crippen LogP contribution in [0.25, 0.3) is 0 Å². The molecule has 3 rings (SSSR count). The Bertz CT molecular complexity index is 1120. The van der Waals surface area contributed by atoms with Gasteiger partial charge in [-0.05, 0) is 48.5 Å². The molecule has 0 saturated heterocycles. The van der Waals surface area contributed by atoms with Crippen LogP contribution in [0.2, 0.25) is 10.0 Å². The minimum Gasteiger partial charge on any atom is -0.488 e. The number of nitrogens with one attached hydrogen (secondary N) is 2. The van der Waals surface area contributed by atoms with Gasteiger partial charge < -0.3 is 10.1 Å². The first-order valence-electron chi connectivity index (χ1n) is 9.29. The fraction of sp³-hybridized carbons (Fsp3) is 0.0870. The van der Waals surface area contributed by atoms with Gasteiger partial charge in [0.1, 0.15) is 12.4 Å². The Morgan fingerprint density at radius 1 is 1.03 bits per heavy atom. The highest BCUT2D eigenvalue weighted by atomic mass is 35.5. The quantitative estimate of drug-likeness (QED) is 0.374. The number of ether oxygens (including phenoxy) is 1. The lowest BCUT2D eigenvalue weighted by Gasteiger charge is -2.10. The SMILES string of the molecule is CC(=O)Nc1ccc(C(=O)NN=Cc2ccccc2OCc2ccc(Cl)cc2Cl)cc1. The zero-order chi connectivity index (χ0) is 22.2. The second kappa shape index (κ2) is 10.6. The Hall–Kier alpha value is -3.35. The Kier molecular flexibility index (Phi) is 7.65. The number of hydrogen-bond donors (Lipinski definition) is 2. The number of para-hydroxylation sites is 1. The highest BCUT2D eigenvalue weighted by Crippen LogP contribution is 2.24. The molecule has 3 aromatic rings. The molecule has 2 N–H and O–H groups in total. The maximum Gasteiger partial charge on any atom is 0.271 e. The van der Waals surface area contributed by atoms with Crippen molar-refractivity contribution in [2.45, 2.75) is 13.5 Å². The van der Waals surface area contributed by atoms with Crippen LogP contribution in [0.15, 0.2) is 71.8 Å². The minimum atomic E-state index is -0.378. The molecule has 0 fully saturated rings. The Balaban J connectivity index is 1.62. The molecule has 0 unspecified atom stereocenters. The van der Waals surface area contributed by atoms with Gasteiger partial charge in [0.05, 0.1) is 6.21 Å². The average molecular weight is 456 g/mol. The predicted octanol–water partition coefficient (Wildman–Crippen LogP) is 5.29. The summed E-state index contributed by atoms with van der Waals surface area (Å²) in [7, 11) is 0. The molecule has 158 valence electrons. The summed E-state index contributed by atoms with van der Waals surface area (Å²) in [4.78, 5) is 23.3. The molecule has 3 aromatic carbocycles. The van der Waals surface area contributed by atoms with E-state index in [1.165, 1.54) is 13.1 Å². The molecular weight excluding hydrogens is 437 g/mol. The Morgan fingerprint density at radius 3 is 2.48 bits per heavy atom. The fourth-order valence-electron chi connectivity index (χ4n) is 2.65. The second-order valence-corrected chi connectivity index (χ2v) is 7.36. The lowest BCUT2D eigenvalue weighted by Crippen LogP contribution is -2.17. The number of nitrogens with zero attached hydrogens (tertiary/aromatic N) is 1. The monoisotopic (exact) mass is 455 g/mol. The molecule has 6 nitrogen and oxygen atoms in total. The maximum atomic E-state index is 12.3. The molecule has 0 heterocycles. The Morgan fingerprint density at radius 2 is 1.77 bits per heavy atom. The number of halogens is 2. The largest absolute Gasteiger partial charge is 0.488 e. The van der Waals surface area contributed by atoms with Gasteiger partial charge in [-0.3, -0.25) is 9.59 Å². The van der Waals surface area contributed by atoms with Crippen molar-refractivity contribution in [3.63, 3.8) is 0 Å². The van der Waals surface area contributed by atoms with E-state index in [1.54, 1.807) is 48.5 Å². The van der Waals surface area contributed by atoms with Crippen LogP contribution < -0.4 is 15.5 Å². The third-order valence-corrected chi connectivity index (χ3v) is 4.74. The third kappa shape index (κ3) is 6.57. The van der Waals surface area contributed by atoms with Gasteiger partial charge in [-0.25, -0.2) is 5.43 Å². The molecule has 0 bridgehead atoms. The van der Waals surface area contributed by atoms with E-state index in [0.29, 0.717) is 32.6 Å². The molecule has 0 atom stereocenters. The van der Waals surface area contributed by atoms with Gasteiger partial charge in [0.2, 0.25) is 5.91 Å². The standard InChI is InChI=1S/C23H19Cl2N3O3/c1-15(29)27-20-10-7-16(8-11-20)23(30)28-26-13-17-4-2-3-5-22(17)31-14-18-6-9-19(24)12-21(18)25/h2-13H,14H2,1H3,(H,27,29)(H,28,30). The van der Waals surface area contributed by atoms with Gasteiger partial charge in [0.25, 0.3) is 5.91 Å². The Labute approximate surface area is 189 Å². The molecule has 8 heteroatoms. The first-order valence-corrected chi connectivity index (χ1v) is 10.0. The van der Waals surface area contributed by atoms with Crippen LogP contribution in [0.1, 0.15) is 28.4 Å². The third-order valence-electron chi connectivity index (χ3n) is 4.15. The summed E-state index contributed by atoms with van der Waals surface area (Å²) >= 11 is 12.1. The van der Waals surface area contributed by atoms with Crippen LogP contribution in [-0.2, 0) is 11.4 Å². The number of rotatable bonds is 7. The number of anilines is 1. The number of benzene rings is 3. The van der Waals surface area contributed by atoms with Crippen molar-refractivity contribution < 1.29 is 14.3 Å². The van der Waals surface area contributed by atoms with Gasteiger partial charge in [-0.2, -0.15) is 5.10 Å². The van der Waals surface area contributed by atoms with Crippen molar-refractivity contribution in [1.82, 2.24) is 5.43 Å². The van der Waals surface area contributed by atoms with E-state index in [4.69, 9.17) is 27.9 Å². The van der Waals surface area contributed by atoms with Crippen LogP contribution in [-0.4, -0.2) is 18.0 Å². The van der Waals surface area contributed by atoms with Gasteiger partial charge in [-0.1, -0.05) is 41.4 Å². The van der Waals surface area contributed by atoms with Crippen LogP contribution in [0.5, 0.6) is 5.75 Å². The molecule has 0 aliphatic heterocycles. The number of hydrogen-bond acceptors (Lipinski definition) is 4. The van der Waals surface area contributed by atoms with E-state index in [1.807, 2.05) is 18.2 Å². The van der Waals surface area contributed by atoms with Crippen molar-refractivity contribution in [1.29, 1.82) is 0 Å². The summed E-state index contributed by atoms with van der Waals surface area (Å²) in [5.41, 5.74) is 4.99. The van der Waals surface area contributed by atoms with Crippen molar-refractivity contribution in [3.8, 4) is 5.75 Å².